The van der Waals surface area contributed by atoms with Crippen molar-refractivity contribution in [3.05, 3.63) is 41.5 Å². The highest BCUT2D eigenvalue weighted by atomic mass is 16.2. The summed E-state index contributed by atoms with van der Waals surface area (Å²) in [5.41, 5.74) is 4.42. The van der Waals surface area contributed by atoms with E-state index in [0.29, 0.717) is 12.6 Å². The van der Waals surface area contributed by atoms with Crippen LogP contribution in [0.1, 0.15) is 49.6 Å². The van der Waals surface area contributed by atoms with E-state index in [1.807, 2.05) is 29.9 Å². The Labute approximate surface area is 191 Å². The Bertz CT molecular complexity index is 940. The van der Waals surface area contributed by atoms with E-state index in [1.165, 1.54) is 31.5 Å². The molecule has 1 amide bonds. The average molecular weight is 437 g/mol. The second-order valence-corrected chi connectivity index (χ2v) is 9.99. The molecule has 0 atom stereocenters. The number of carbonyl (C=O) groups is 1. The third-order valence-corrected chi connectivity index (χ3v) is 7.59. The third-order valence-electron chi connectivity index (χ3n) is 7.59. The molecule has 0 aromatic carbocycles. The van der Waals surface area contributed by atoms with Crippen LogP contribution >= 0.6 is 0 Å². The lowest BCUT2D eigenvalue weighted by molar-refractivity contribution is -0.134. The Kier molecular flexibility index (Phi) is 6.28. The van der Waals surface area contributed by atoms with Crippen LogP contribution in [0.2, 0.25) is 0 Å². The molecule has 2 fully saturated rings. The van der Waals surface area contributed by atoms with Gasteiger partial charge in [-0.1, -0.05) is 6.92 Å². The van der Waals surface area contributed by atoms with E-state index in [4.69, 9.17) is 5.10 Å². The molecule has 172 valence electrons. The maximum absolute atomic E-state index is 13.0. The molecule has 0 unspecified atom stereocenters. The minimum atomic E-state index is 0.288. The second kappa shape index (κ2) is 9.32. The van der Waals surface area contributed by atoms with Gasteiger partial charge in [-0.15, -0.1) is 0 Å². The Morgan fingerprint density at radius 2 is 1.88 bits per heavy atom. The predicted molar refractivity (Wildman–Crippen MR) is 125 cm³/mol. The topological polar surface area (TPSA) is 57.5 Å². The van der Waals surface area contributed by atoms with Crippen LogP contribution < -0.4 is 0 Å². The van der Waals surface area contributed by atoms with Crippen molar-refractivity contribution in [2.75, 3.05) is 39.3 Å². The molecule has 32 heavy (non-hydrogen) atoms. The molecule has 0 radical (unpaired) electrons. The van der Waals surface area contributed by atoms with E-state index in [-0.39, 0.29) is 5.91 Å². The molecule has 0 aliphatic carbocycles. The molecule has 3 aliphatic rings. The SMILES string of the molecule is Cc1cc(-n2cc3c(n2)CCN(CC(=O)N2CCC(N4CCC(C)CC4)CC2)C3)ccn1. The first-order valence-corrected chi connectivity index (χ1v) is 12.3. The molecule has 7 nitrogen and oxygen atoms in total. The van der Waals surface area contributed by atoms with Crippen molar-refractivity contribution in [2.24, 2.45) is 5.92 Å². The number of fused-ring (bicyclic) bond motifs is 1. The van der Waals surface area contributed by atoms with Gasteiger partial charge < -0.3 is 9.80 Å². The number of hydrogen-bond donors (Lipinski definition) is 0. The van der Waals surface area contributed by atoms with Crippen molar-refractivity contribution in [1.82, 2.24) is 29.5 Å². The quantitative estimate of drug-likeness (QED) is 0.738. The van der Waals surface area contributed by atoms with E-state index in [9.17, 15) is 4.79 Å². The van der Waals surface area contributed by atoms with Gasteiger partial charge in [0.1, 0.15) is 0 Å². The number of aromatic nitrogens is 3. The standard InChI is InChI=1S/C25H36N6O/c1-19-4-11-29(12-5-19)22-6-13-30(14-7-22)25(32)18-28-10-8-24-21(16-28)17-31(27-24)23-3-9-26-20(2)15-23/h3,9,15,17,19,22H,4-8,10-14,16,18H2,1-2H3. The number of pyridine rings is 1. The van der Waals surface area contributed by atoms with Crippen molar-refractivity contribution < 1.29 is 4.79 Å². The minimum absolute atomic E-state index is 0.288. The third kappa shape index (κ3) is 4.74. The largest absolute Gasteiger partial charge is 0.341 e. The Hall–Kier alpha value is -2.25. The Balaban J connectivity index is 1.13. The molecule has 5 rings (SSSR count). The molecule has 3 aliphatic heterocycles. The van der Waals surface area contributed by atoms with E-state index in [1.54, 1.807) is 0 Å². The van der Waals surface area contributed by atoms with Crippen LogP contribution in [-0.2, 0) is 17.8 Å². The van der Waals surface area contributed by atoms with Gasteiger partial charge in [0.2, 0.25) is 5.91 Å². The number of rotatable bonds is 4. The summed E-state index contributed by atoms with van der Waals surface area (Å²) in [4.78, 5) is 24.3. The van der Waals surface area contributed by atoms with Crippen molar-refractivity contribution in [2.45, 2.75) is 58.5 Å². The Morgan fingerprint density at radius 1 is 1.09 bits per heavy atom. The molecule has 2 aromatic rings. The fourth-order valence-corrected chi connectivity index (χ4v) is 5.48. The van der Waals surface area contributed by atoms with Crippen molar-refractivity contribution in [3.63, 3.8) is 0 Å². The molecule has 2 saturated heterocycles. The van der Waals surface area contributed by atoms with Gasteiger partial charge in [-0.3, -0.25) is 14.7 Å². The minimum Gasteiger partial charge on any atom is -0.341 e. The van der Waals surface area contributed by atoms with E-state index < -0.39 is 0 Å². The van der Waals surface area contributed by atoms with Crippen LogP contribution in [0.15, 0.2) is 24.5 Å². The first kappa shape index (κ1) is 21.6. The van der Waals surface area contributed by atoms with Gasteiger partial charge in [-0.2, -0.15) is 5.10 Å². The fourth-order valence-electron chi connectivity index (χ4n) is 5.48. The van der Waals surface area contributed by atoms with Gasteiger partial charge in [0.05, 0.1) is 17.9 Å². The van der Waals surface area contributed by atoms with Crippen molar-refractivity contribution in [1.29, 1.82) is 0 Å². The number of aryl methyl sites for hydroxylation is 1. The normalized spacial score (nSPS) is 21.6. The van der Waals surface area contributed by atoms with Gasteiger partial charge in [-0.25, -0.2) is 4.68 Å². The average Bonchev–Trinajstić information content (AvgIpc) is 3.23. The summed E-state index contributed by atoms with van der Waals surface area (Å²) in [6, 6.07) is 4.71. The zero-order valence-electron chi connectivity index (χ0n) is 19.5. The monoisotopic (exact) mass is 436 g/mol. The zero-order valence-corrected chi connectivity index (χ0v) is 19.5. The summed E-state index contributed by atoms with van der Waals surface area (Å²) in [5, 5.41) is 4.79. The number of hydrogen-bond acceptors (Lipinski definition) is 5. The molecule has 0 spiro atoms. The maximum atomic E-state index is 13.0. The van der Waals surface area contributed by atoms with Crippen LogP contribution in [0, 0.1) is 12.8 Å². The highest BCUT2D eigenvalue weighted by Gasteiger charge is 2.30. The lowest BCUT2D eigenvalue weighted by Gasteiger charge is -2.41. The number of nitrogens with zero attached hydrogens (tertiary/aromatic N) is 6. The fraction of sp³-hybridized carbons (Fsp3) is 0.640. The maximum Gasteiger partial charge on any atom is 0.236 e. The summed E-state index contributed by atoms with van der Waals surface area (Å²) in [5.74, 6) is 1.16. The first-order chi connectivity index (χ1) is 15.5. The summed E-state index contributed by atoms with van der Waals surface area (Å²) >= 11 is 0. The summed E-state index contributed by atoms with van der Waals surface area (Å²) in [6.45, 7) is 10.9. The molecule has 0 bridgehead atoms. The van der Waals surface area contributed by atoms with Crippen LogP contribution in [0.4, 0.5) is 0 Å². The highest BCUT2D eigenvalue weighted by molar-refractivity contribution is 5.78. The molecule has 2 aromatic heterocycles. The first-order valence-electron chi connectivity index (χ1n) is 12.3. The van der Waals surface area contributed by atoms with Crippen molar-refractivity contribution in [3.8, 4) is 5.69 Å². The van der Waals surface area contributed by atoms with E-state index in [2.05, 4.69) is 32.8 Å². The molecule has 0 N–H and O–H groups in total. The molecular weight excluding hydrogens is 400 g/mol. The Morgan fingerprint density at radius 3 is 2.62 bits per heavy atom. The molecular formula is C25H36N6O. The van der Waals surface area contributed by atoms with Crippen molar-refractivity contribution >= 4 is 5.91 Å². The van der Waals surface area contributed by atoms with E-state index >= 15 is 0 Å². The van der Waals surface area contributed by atoms with Gasteiger partial charge >= 0.3 is 0 Å². The number of amides is 1. The van der Waals surface area contributed by atoms with E-state index in [0.717, 1.165) is 68.4 Å². The van der Waals surface area contributed by atoms with Crippen LogP contribution in [0.3, 0.4) is 0 Å². The lowest BCUT2D eigenvalue weighted by Crippen LogP contribution is -2.50. The zero-order chi connectivity index (χ0) is 22.1. The molecule has 5 heterocycles. The van der Waals surface area contributed by atoms with Crippen LogP contribution in [-0.4, -0.2) is 80.7 Å². The lowest BCUT2D eigenvalue weighted by atomic mass is 9.95. The second-order valence-electron chi connectivity index (χ2n) is 9.99. The smallest absolute Gasteiger partial charge is 0.236 e. The summed E-state index contributed by atoms with van der Waals surface area (Å²) < 4.78 is 1.96. The van der Waals surface area contributed by atoms with Crippen LogP contribution in [0.25, 0.3) is 5.69 Å². The highest BCUT2D eigenvalue weighted by Crippen LogP contribution is 2.24. The van der Waals surface area contributed by atoms with Gasteiger partial charge in [0.15, 0.2) is 0 Å². The predicted octanol–water partition coefficient (Wildman–Crippen LogP) is 2.66. The summed E-state index contributed by atoms with van der Waals surface area (Å²) in [7, 11) is 0. The van der Waals surface area contributed by atoms with Crippen LogP contribution in [0.5, 0.6) is 0 Å². The van der Waals surface area contributed by atoms with Gasteiger partial charge in [-0.05, 0) is 63.7 Å². The number of piperidine rings is 2. The number of likely N-dealkylation sites (tertiary alicyclic amines) is 2. The van der Waals surface area contributed by atoms with Gasteiger partial charge in [0.25, 0.3) is 0 Å². The number of carbonyl (C=O) groups excluding carboxylic acids is 1. The molecule has 7 heteroatoms. The molecule has 0 saturated carbocycles. The summed E-state index contributed by atoms with van der Waals surface area (Å²) in [6.07, 6.45) is 9.75. The van der Waals surface area contributed by atoms with Gasteiger partial charge in [0, 0.05) is 62.3 Å².